The molecule has 0 aliphatic carbocycles. The van der Waals surface area contributed by atoms with Gasteiger partial charge in [-0.15, -0.1) is 0 Å². The maximum atomic E-state index is 11.5. The Labute approximate surface area is 88.7 Å². The quantitative estimate of drug-likeness (QED) is 0.747. The van der Waals surface area contributed by atoms with Crippen LogP contribution in [0.3, 0.4) is 0 Å². The smallest absolute Gasteiger partial charge is 0.233 e. The minimum absolute atomic E-state index is 0.229. The summed E-state index contributed by atoms with van der Waals surface area (Å²) >= 11 is 0. The molecule has 0 heterocycles. The number of nitrogen functional groups attached to an aromatic ring is 1. The molecular weight excluding hydrogens is 192 g/mol. The molecule has 1 rings (SSSR count). The first-order valence-electron chi connectivity index (χ1n) is 4.75. The Hall–Kier alpha value is -1.84. The van der Waals surface area contributed by atoms with E-state index in [9.17, 15) is 9.59 Å². The summed E-state index contributed by atoms with van der Waals surface area (Å²) in [5.74, 6) is -0.527. The van der Waals surface area contributed by atoms with Gasteiger partial charge in [0.15, 0.2) is 0 Å². The maximum Gasteiger partial charge on any atom is 0.233 e. The third-order valence-corrected chi connectivity index (χ3v) is 2.00. The van der Waals surface area contributed by atoms with E-state index in [2.05, 4.69) is 0 Å². The van der Waals surface area contributed by atoms with Gasteiger partial charge in [0, 0.05) is 19.0 Å². The van der Waals surface area contributed by atoms with Crippen molar-refractivity contribution >= 4 is 23.2 Å². The topological polar surface area (TPSA) is 63.4 Å². The lowest BCUT2D eigenvalue weighted by atomic mass is 10.2. The number of benzene rings is 1. The van der Waals surface area contributed by atoms with Crippen LogP contribution in [0.15, 0.2) is 24.3 Å². The summed E-state index contributed by atoms with van der Waals surface area (Å²) in [5.41, 5.74) is 6.64. The van der Waals surface area contributed by atoms with Gasteiger partial charge in [-0.2, -0.15) is 0 Å². The van der Waals surface area contributed by atoms with E-state index >= 15 is 0 Å². The summed E-state index contributed by atoms with van der Waals surface area (Å²) in [6, 6.07) is 6.71. The molecule has 0 saturated carbocycles. The fraction of sp³-hybridized carbons (Fsp3) is 0.273. The molecule has 15 heavy (non-hydrogen) atoms. The van der Waals surface area contributed by atoms with Crippen LogP contribution in [-0.2, 0) is 9.59 Å². The summed E-state index contributed by atoms with van der Waals surface area (Å²) in [5, 5.41) is 0. The number of carbonyl (C=O) groups is 2. The molecule has 0 radical (unpaired) electrons. The molecule has 0 bridgehead atoms. The largest absolute Gasteiger partial charge is 0.399 e. The molecule has 0 atom stereocenters. The van der Waals surface area contributed by atoms with Crippen molar-refractivity contribution in [3.63, 3.8) is 0 Å². The average Bonchev–Trinajstić information content (AvgIpc) is 2.17. The van der Waals surface area contributed by atoms with E-state index in [0.29, 0.717) is 11.4 Å². The average molecular weight is 206 g/mol. The van der Waals surface area contributed by atoms with Crippen molar-refractivity contribution in [1.82, 2.24) is 0 Å². The van der Waals surface area contributed by atoms with E-state index in [1.54, 1.807) is 31.2 Å². The van der Waals surface area contributed by atoms with Crippen LogP contribution in [0.25, 0.3) is 0 Å². The Morgan fingerprint density at radius 3 is 2.53 bits per heavy atom. The zero-order valence-electron chi connectivity index (χ0n) is 8.86. The number of carbonyl (C=O) groups excluding carboxylic acids is 2. The number of hydrogen-bond acceptors (Lipinski definition) is 3. The molecule has 0 spiro atoms. The fourth-order valence-corrected chi connectivity index (χ4v) is 1.32. The Morgan fingerprint density at radius 2 is 2.07 bits per heavy atom. The van der Waals surface area contributed by atoms with E-state index < -0.39 is 0 Å². The predicted octanol–water partition coefficient (Wildman–Crippen LogP) is 1.56. The van der Waals surface area contributed by atoms with Gasteiger partial charge in [-0.3, -0.25) is 14.5 Å². The zero-order valence-corrected chi connectivity index (χ0v) is 8.86. The Morgan fingerprint density at radius 1 is 1.40 bits per heavy atom. The molecular formula is C11H14N2O2. The number of hydrogen-bond donors (Lipinski definition) is 1. The minimum Gasteiger partial charge on any atom is -0.399 e. The van der Waals surface area contributed by atoms with Crippen molar-refractivity contribution < 1.29 is 9.59 Å². The second-order valence-corrected chi connectivity index (χ2v) is 3.20. The van der Waals surface area contributed by atoms with Crippen LogP contribution < -0.4 is 10.6 Å². The van der Waals surface area contributed by atoms with Crippen molar-refractivity contribution in [1.29, 1.82) is 0 Å². The first-order valence-corrected chi connectivity index (χ1v) is 4.75. The summed E-state index contributed by atoms with van der Waals surface area (Å²) in [6.07, 6.45) is 0.286. The molecule has 80 valence electrons. The molecule has 0 aromatic heterocycles. The number of anilines is 2. The molecule has 0 fully saturated rings. The molecule has 0 unspecified atom stereocenters. The Balaban J connectivity index is 3.10. The van der Waals surface area contributed by atoms with E-state index in [1.165, 1.54) is 6.92 Å². The van der Waals surface area contributed by atoms with E-state index in [4.69, 9.17) is 5.73 Å². The summed E-state index contributed by atoms with van der Waals surface area (Å²) in [4.78, 5) is 24.0. The van der Waals surface area contributed by atoms with Gasteiger partial charge in [-0.05, 0) is 18.2 Å². The first-order chi connectivity index (χ1) is 7.06. The van der Waals surface area contributed by atoms with Gasteiger partial charge in [0.05, 0.1) is 5.69 Å². The molecule has 4 nitrogen and oxygen atoms in total. The third-order valence-electron chi connectivity index (χ3n) is 2.00. The van der Waals surface area contributed by atoms with Crippen molar-refractivity contribution in [3.05, 3.63) is 24.3 Å². The van der Waals surface area contributed by atoms with Gasteiger partial charge in [0.25, 0.3) is 0 Å². The lowest BCUT2D eigenvalue weighted by molar-refractivity contribution is -0.125. The van der Waals surface area contributed by atoms with Gasteiger partial charge in [0.1, 0.15) is 0 Å². The SMILES string of the molecule is CCC(=O)N(C(C)=O)c1cccc(N)c1. The highest BCUT2D eigenvalue weighted by atomic mass is 16.2. The molecule has 0 aliphatic heterocycles. The van der Waals surface area contributed by atoms with Crippen LogP contribution in [-0.4, -0.2) is 11.8 Å². The molecule has 1 aromatic rings. The van der Waals surface area contributed by atoms with Crippen molar-refractivity contribution in [2.75, 3.05) is 10.6 Å². The number of nitrogens with zero attached hydrogens (tertiary/aromatic N) is 1. The van der Waals surface area contributed by atoms with Crippen LogP contribution >= 0.6 is 0 Å². The molecule has 0 aliphatic rings. The maximum absolute atomic E-state index is 11.5. The second kappa shape index (κ2) is 4.59. The zero-order chi connectivity index (χ0) is 11.4. The summed E-state index contributed by atoms with van der Waals surface area (Å²) in [7, 11) is 0. The highest BCUT2D eigenvalue weighted by Gasteiger charge is 2.18. The van der Waals surface area contributed by atoms with Crippen LogP contribution in [0.2, 0.25) is 0 Å². The monoisotopic (exact) mass is 206 g/mol. The highest BCUT2D eigenvalue weighted by Crippen LogP contribution is 2.18. The summed E-state index contributed by atoms with van der Waals surface area (Å²) < 4.78 is 0. The number of nitrogens with two attached hydrogens (primary N) is 1. The van der Waals surface area contributed by atoms with E-state index in [1.807, 2.05) is 0 Å². The lowest BCUT2D eigenvalue weighted by Crippen LogP contribution is -2.34. The number of amides is 2. The number of imide groups is 1. The Kier molecular flexibility index (Phi) is 3.44. The number of rotatable bonds is 2. The normalized spacial score (nSPS) is 9.73. The Bertz CT molecular complexity index is 388. The van der Waals surface area contributed by atoms with E-state index in [-0.39, 0.29) is 18.2 Å². The predicted molar refractivity (Wildman–Crippen MR) is 59.3 cm³/mol. The van der Waals surface area contributed by atoms with Gasteiger partial charge >= 0.3 is 0 Å². The first kappa shape index (κ1) is 11.2. The molecule has 4 heteroatoms. The second-order valence-electron chi connectivity index (χ2n) is 3.20. The fourth-order valence-electron chi connectivity index (χ4n) is 1.32. The standard InChI is InChI=1S/C11H14N2O2/c1-3-11(15)13(8(2)14)10-6-4-5-9(12)7-10/h4-7H,3,12H2,1-2H3. The molecule has 2 N–H and O–H groups in total. The van der Waals surface area contributed by atoms with Crippen LogP contribution in [0, 0.1) is 0 Å². The highest BCUT2D eigenvalue weighted by molar-refractivity contribution is 6.14. The molecule has 1 aromatic carbocycles. The van der Waals surface area contributed by atoms with E-state index in [0.717, 1.165) is 4.90 Å². The van der Waals surface area contributed by atoms with Crippen LogP contribution in [0.4, 0.5) is 11.4 Å². The van der Waals surface area contributed by atoms with Crippen LogP contribution in [0.5, 0.6) is 0 Å². The van der Waals surface area contributed by atoms with Crippen LogP contribution in [0.1, 0.15) is 20.3 Å². The van der Waals surface area contributed by atoms with Crippen molar-refractivity contribution in [2.24, 2.45) is 0 Å². The van der Waals surface area contributed by atoms with Gasteiger partial charge in [0.2, 0.25) is 11.8 Å². The third kappa shape index (κ3) is 2.56. The van der Waals surface area contributed by atoms with Crippen molar-refractivity contribution in [2.45, 2.75) is 20.3 Å². The molecule has 0 saturated heterocycles. The summed E-state index contributed by atoms with van der Waals surface area (Å²) in [6.45, 7) is 3.07. The van der Waals surface area contributed by atoms with Gasteiger partial charge in [-0.25, -0.2) is 0 Å². The lowest BCUT2D eigenvalue weighted by Gasteiger charge is -2.18. The minimum atomic E-state index is -0.299. The van der Waals surface area contributed by atoms with Crippen molar-refractivity contribution in [3.8, 4) is 0 Å². The molecule has 2 amide bonds. The van der Waals surface area contributed by atoms with Gasteiger partial charge in [-0.1, -0.05) is 13.0 Å². The van der Waals surface area contributed by atoms with Gasteiger partial charge < -0.3 is 5.73 Å².